The van der Waals surface area contributed by atoms with Crippen LogP contribution in [0.1, 0.15) is 26.3 Å². The first-order valence-electron chi connectivity index (χ1n) is 5.37. The molecular weight excluding hydrogens is 202 g/mol. The van der Waals surface area contributed by atoms with Crippen LogP contribution in [0.4, 0.5) is 10.5 Å². The van der Waals surface area contributed by atoms with Gasteiger partial charge in [-0.2, -0.15) is 0 Å². The minimum Gasteiger partial charge on any atom is -0.449 e. The van der Waals surface area contributed by atoms with E-state index in [0.717, 1.165) is 11.3 Å². The first-order chi connectivity index (χ1) is 7.37. The minimum absolute atomic E-state index is 0.00998. The Hall–Kier alpha value is -1.51. The monoisotopic (exact) mass is 221 g/mol. The van der Waals surface area contributed by atoms with Gasteiger partial charge in [0.25, 0.3) is 0 Å². The van der Waals surface area contributed by atoms with Gasteiger partial charge in [-0.1, -0.05) is 32.9 Å². The number of rotatable bonds is 2. The fraction of sp³-hybridized carbons (Fsp3) is 0.462. The first-order valence-corrected chi connectivity index (χ1v) is 5.37. The van der Waals surface area contributed by atoms with Crippen molar-refractivity contribution >= 4 is 11.8 Å². The number of benzene rings is 1. The van der Waals surface area contributed by atoms with E-state index in [9.17, 15) is 4.79 Å². The third-order valence-corrected chi connectivity index (χ3v) is 1.90. The summed E-state index contributed by atoms with van der Waals surface area (Å²) in [5.41, 5.74) is 1.86. The Kier molecular flexibility index (Phi) is 3.93. The second-order valence-corrected chi connectivity index (χ2v) is 5.13. The zero-order chi connectivity index (χ0) is 12.2. The molecule has 0 spiro atoms. The largest absolute Gasteiger partial charge is 0.449 e. The van der Waals surface area contributed by atoms with Crippen molar-refractivity contribution in [2.24, 2.45) is 5.41 Å². The van der Waals surface area contributed by atoms with E-state index in [-0.39, 0.29) is 5.41 Å². The van der Waals surface area contributed by atoms with Crippen molar-refractivity contribution < 1.29 is 9.53 Å². The molecule has 0 radical (unpaired) electrons. The molecule has 0 aliphatic carbocycles. The molecule has 1 aromatic rings. The van der Waals surface area contributed by atoms with E-state index < -0.39 is 6.09 Å². The number of amides is 1. The normalized spacial score (nSPS) is 11.0. The van der Waals surface area contributed by atoms with E-state index in [0.29, 0.717) is 6.61 Å². The van der Waals surface area contributed by atoms with Gasteiger partial charge in [-0.3, -0.25) is 5.32 Å². The van der Waals surface area contributed by atoms with Crippen LogP contribution in [0.2, 0.25) is 0 Å². The number of aryl methyl sites for hydroxylation is 1. The summed E-state index contributed by atoms with van der Waals surface area (Å²) in [6.45, 7) is 8.45. The summed E-state index contributed by atoms with van der Waals surface area (Å²) < 4.78 is 5.10. The number of carbonyl (C=O) groups is 1. The molecule has 1 aromatic carbocycles. The summed E-state index contributed by atoms with van der Waals surface area (Å²) in [7, 11) is 0. The molecule has 1 amide bonds. The lowest BCUT2D eigenvalue weighted by atomic mass is 9.99. The number of hydrogen-bond acceptors (Lipinski definition) is 2. The van der Waals surface area contributed by atoms with Crippen LogP contribution in [0.15, 0.2) is 24.3 Å². The van der Waals surface area contributed by atoms with Crippen molar-refractivity contribution in [3.63, 3.8) is 0 Å². The van der Waals surface area contributed by atoms with Crippen LogP contribution >= 0.6 is 0 Å². The summed E-state index contributed by atoms with van der Waals surface area (Å²) in [6, 6.07) is 7.62. The SMILES string of the molecule is Cc1cccc(NC(=O)OCC(C)(C)C)c1. The van der Waals surface area contributed by atoms with Gasteiger partial charge in [0.05, 0.1) is 6.61 Å². The van der Waals surface area contributed by atoms with E-state index in [2.05, 4.69) is 5.32 Å². The first kappa shape index (κ1) is 12.6. The van der Waals surface area contributed by atoms with Crippen LogP contribution in [0.5, 0.6) is 0 Å². The average Bonchev–Trinajstić information content (AvgIpc) is 2.14. The third kappa shape index (κ3) is 4.82. The predicted molar refractivity (Wildman–Crippen MR) is 65.6 cm³/mol. The molecule has 0 saturated heterocycles. The molecule has 3 heteroatoms. The zero-order valence-corrected chi connectivity index (χ0v) is 10.3. The van der Waals surface area contributed by atoms with Gasteiger partial charge < -0.3 is 4.74 Å². The minimum atomic E-state index is -0.402. The number of anilines is 1. The molecule has 88 valence electrons. The smallest absolute Gasteiger partial charge is 0.411 e. The lowest BCUT2D eigenvalue weighted by Gasteiger charge is -2.18. The van der Waals surface area contributed by atoms with Crippen molar-refractivity contribution in [2.75, 3.05) is 11.9 Å². The van der Waals surface area contributed by atoms with Crippen molar-refractivity contribution in [1.29, 1.82) is 0 Å². The second kappa shape index (κ2) is 5.01. The van der Waals surface area contributed by atoms with Gasteiger partial charge in [0.15, 0.2) is 0 Å². The van der Waals surface area contributed by atoms with E-state index in [1.54, 1.807) is 0 Å². The Morgan fingerprint density at radius 2 is 2.06 bits per heavy atom. The predicted octanol–water partition coefficient (Wildman–Crippen LogP) is 3.59. The van der Waals surface area contributed by atoms with Gasteiger partial charge in [-0.05, 0) is 30.0 Å². The van der Waals surface area contributed by atoms with Crippen molar-refractivity contribution in [2.45, 2.75) is 27.7 Å². The summed E-state index contributed by atoms with van der Waals surface area (Å²) in [4.78, 5) is 11.4. The van der Waals surface area contributed by atoms with Crippen molar-refractivity contribution in [1.82, 2.24) is 0 Å². The molecule has 0 aliphatic rings. The van der Waals surface area contributed by atoms with Gasteiger partial charge in [0.2, 0.25) is 0 Å². The fourth-order valence-corrected chi connectivity index (χ4v) is 1.16. The molecule has 0 unspecified atom stereocenters. The highest BCUT2D eigenvalue weighted by molar-refractivity contribution is 5.84. The molecule has 0 aliphatic heterocycles. The highest BCUT2D eigenvalue weighted by Gasteiger charge is 2.13. The number of ether oxygens (including phenoxy) is 1. The Labute approximate surface area is 96.8 Å². The highest BCUT2D eigenvalue weighted by Crippen LogP contribution is 2.14. The molecule has 0 atom stereocenters. The van der Waals surface area contributed by atoms with E-state index in [1.165, 1.54) is 0 Å². The molecule has 3 nitrogen and oxygen atoms in total. The molecule has 0 saturated carbocycles. The molecule has 0 fully saturated rings. The topological polar surface area (TPSA) is 38.3 Å². The molecule has 0 bridgehead atoms. The van der Waals surface area contributed by atoms with Crippen LogP contribution in [-0.2, 0) is 4.74 Å². The van der Waals surface area contributed by atoms with Crippen LogP contribution in [0, 0.1) is 12.3 Å². The van der Waals surface area contributed by atoms with Gasteiger partial charge >= 0.3 is 6.09 Å². The Morgan fingerprint density at radius 3 is 2.62 bits per heavy atom. The molecule has 0 aromatic heterocycles. The maximum Gasteiger partial charge on any atom is 0.411 e. The molecular formula is C13H19NO2. The lowest BCUT2D eigenvalue weighted by molar-refractivity contribution is 0.118. The van der Waals surface area contributed by atoms with Gasteiger partial charge in [-0.15, -0.1) is 0 Å². The van der Waals surface area contributed by atoms with Crippen LogP contribution in [0.25, 0.3) is 0 Å². The summed E-state index contributed by atoms with van der Waals surface area (Å²) in [6.07, 6.45) is -0.402. The quantitative estimate of drug-likeness (QED) is 0.828. The van der Waals surface area contributed by atoms with Crippen LogP contribution < -0.4 is 5.32 Å². The molecule has 1 rings (SSSR count). The van der Waals surface area contributed by atoms with Crippen LogP contribution in [0.3, 0.4) is 0 Å². The Morgan fingerprint density at radius 1 is 1.38 bits per heavy atom. The third-order valence-electron chi connectivity index (χ3n) is 1.90. The van der Waals surface area contributed by atoms with Crippen molar-refractivity contribution in [3.05, 3.63) is 29.8 Å². The lowest BCUT2D eigenvalue weighted by Crippen LogP contribution is -2.21. The summed E-state index contributed by atoms with van der Waals surface area (Å²) >= 11 is 0. The number of nitrogens with one attached hydrogen (secondary N) is 1. The summed E-state index contributed by atoms with van der Waals surface area (Å²) in [5, 5.41) is 2.69. The molecule has 0 heterocycles. The average molecular weight is 221 g/mol. The van der Waals surface area contributed by atoms with E-state index >= 15 is 0 Å². The fourth-order valence-electron chi connectivity index (χ4n) is 1.16. The molecule has 1 N–H and O–H groups in total. The zero-order valence-electron chi connectivity index (χ0n) is 10.3. The Balaban J connectivity index is 2.46. The standard InChI is InChI=1S/C13H19NO2/c1-10-6-5-7-11(8-10)14-12(15)16-9-13(2,3)4/h5-8H,9H2,1-4H3,(H,14,15). The maximum absolute atomic E-state index is 11.4. The second-order valence-electron chi connectivity index (χ2n) is 5.13. The van der Waals surface area contributed by atoms with E-state index in [1.807, 2.05) is 52.0 Å². The van der Waals surface area contributed by atoms with Crippen molar-refractivity contribution in [3.8, 4) is 0 Å². The molecule has 16 heavy (non-hydrogen) atoms. The summed E-state index contributed by atoms with van der Waals surface area (Å²) in [5.74, 6) is 0. The van der Waals surface area contributed by atoms with E-state index in [4.69, 9.17) is 4.74 Å². The maximum atomic E-state index is 11.4. The van der Waals surface area contributed by atoms with Crippen LogP contribution in [-0.4, -0.2) is 12.7 Å². The number of carbonyl (C=O) groups excluding carboxylic acids is 1. The highest BCUT2D eigenvalue weighted by atomic mass is 16.5. The van der Waals surface area contributed by atoms with Gasteiger partial charge in [0.1, 0.15) is 0 Å². The van der Waals surface area contributed by atoms with Gasteiger partial charge in [0, 0.05) is 5.69 Å². The number of hydrogen-bond donors (Lipinski definition) is 1. The Bertz CT molecular complexity index is 366. The van der Waals surface area contributed by atoms with Gasteiger partial charge in [-0.25, -0.2) is 4.79 Å².